The highest BCUT2D eigenvalue weighted by molar-refractivity contribution is 6.39. The molecule has 0 bridgehead atoms. The zero-order valence-electron chi connectivity index (χ0n) is 25.0. The summed E-state index contributed by atoms with van der Waals surface area (Å²) in [6.45, 7) is 0.388. The van der Waals surface area contributed by atoms with Gasteiger partial charge in [0.15, 0.2) is 0 Å². The number of anilines is 3. The van der Waals surface area contributed by atoms with Crippen molar-refractivity contribution in [3.63, 3.8) is 0 Å². The third-order valence-corrected chi connectivity index (χ3v) is 7.84. The van der Waals surface area contributed by atoms with Crippen LogP contribution in [0.25, 0.3) is 0 Å². The minimum atomic E-state index is -1.27. The van der Waals surface area contributed by atoms with Crippen LogP contribution < -0.4 is 21.3 Å². The fourth-order valence-corrected chi connectivity index (χ4v) is 5.61. The lowest BCUT2D eigenvalue weighted by Crippen LogP contribution is -2.47. The van der Waals surface area contributed by atoms with Gasteiger partial charge in [0.2, 0.25) is 12.1 Å². The van der Waals surface area contributed by atoms with E-state index in [4.69, 9.17) is 53.2 Å². The average Bonchev–Trinajstić information content (AvgIpc) is 3.43. The van der Waals surface area contributed by atoms with Gasteiger partial charge in [0, 0.05) is 28.9 Å². The number of nitrogen functional groups attached to an aromatic ring is 1. The van der Waals surface area contributed by atoms with E-state index >= 15 is 0 Å². The average molecular weight is 685 g/mol. The number of carbonyl (C=O) groups is 4. The minimum Gasteiger partial charge on any atom is -0.480 e. The van der Waals surface area contributed by atoms with Gasteiger partial charge in [0.05, 0.1) is 53.6 Å². The van der Waals surface area contributed by atoms with Crippen LogP contribution >= 0.6 is 23.2 Å². The second-order valence-corrected chi connectivity index (χ2v) is 11.3. The third-order valence-electron chi connectivity index (χ3n) is 7.22. The molecule has 3 amide bonds. The number of nitrogens with one attached hydrogen (secondary N) is 2. The van der Waals surface area contributed by atoms with Gasteiger partial charge in [-0.2, -0.15) is 0 Å². The number of hydrogen-bond donors (Lipinski definition) is 4. The van der Waals surface area contributed by atoms with Gasteiger partial charge < -0.3 is 40.6 Å². The predicted molar refractivity (Wildman–Crippen MR) is 175 cm³/mol. The van der Waals surface area contributed by atoms with Crippen molar-refractivity contribution in [1.82, 2.24) is 5.32 Å². The molecule has 0 spiro atoms. The lowest BCUT2D eigenvalue weighted by atomic mass is 9.97. The summed E-state index contributed by atoms with van der Waals surface area (Å²) in [6.07, 6.45) is -0.753. The predicted octanol–water partition coefficient (Wildman–Crippen LogP) is 3.14. The summed E-state index contributed by atoms with van der Waals surface area (Å²) in [7, 11) is 0. The normalized spacial score (nSPS) is 15.1. The Labute approximate surface area is 279 Å². The molecule has 2 aliphatic heterocycles. The Balaban J connectivity index is 1.33. The van der Waals surface area contributed by atoms with Crippen molar-refractivity contribution < 1.29 is 38.5 Å². The molecule has 2 aliphatic rings. The molecule has 5 N–H and O–H groups in total. The number of carboxylic acid groups (broad SMARTS) is 1. The molecule has 3 aromatic rings. The van der Waals surface area contributed by atoms with Crippen molar-refractivity contribution in [2.24, 2.45) is 4.99 Å². The summed E-state index contributed by atoms with van der Waals surface area (Å²) in [5.74, 6) is -2.49. The van der Waals surface area contributed by atoms with Crippen LogP contribution in [0.4, 0.5) is 17.1 Å². The smallest absolute Gasteiger partial charge is 0.329 e. The maximum Gasteiger partial charge on any atom is 0.329 e. The van der Waals surface area contributed by atoms with Gasteiger partial charge in [0.25, 0.3) is 11.8 Å². The number of nitrogens with zero attached hydrogens (tertiary/aromatic N) is 2. The number of nitrogens with two attached hydrogens (primary N) is 1. The van der Waals surface area contributed by atoms with Crippen LogP contribution in [0, 0.1) is 0 Å². The van der Waals surface area contributed by atoms with E-state index in [0.29, 0.717) is 41.2 Å². The number of aliphatic carboxylic acids is 1. The Kier molecular flexibility index (Phi) is 11.1. The highest BCUT2D eigenvalue weighted by Crippen LogP contribution is 2.39. The van der Waals surface area contributed by atoms with Gasteiger partial charge in [-0.1, -0.05) is 53.5 Å². The molecule has 5 rings (SSSR count). The fraction of sp³-hybridized carbons (Fsp3) is 0.281. The summed E-state index contributed by atoms with van der Waals surface area (Å²) in [6, 6.07) is 15.5. The summed E-state index contributed by atoms with van der Waals surface area (Å²) >= 11 is 12.3. The molecule has 246 valence electrons. The Morgan fingerprint density at radius 2 is 1.62 bits per heavy atom. The Bertz CT molecular complexity index is 1700. The number of halogens is 2. The number of rotatable bonds is 14. The second-order valence-electron chi connectivity index (χ2n) is 10.5. The molecule has 2 heterocycles. The number of hydrogen-bond acceptors (Lipinski definition) is 9. The number of carbonyl (C=O) groups excluding carboxylic acids is 3. The first-order chi connectivity index (χ1) is 22.6. The first-order valence-corrected chi connectivity index (χ1v) is 15.3. The molecule has 47 heavy (non-hydrogen) atoms. The second kappa shape index (κ2) is 15.4. The Hall–Kier alpha value is -4.53. The van der Waals surface area contributed by atoms with Gasteiger partial charge in [0.1, 0.15) is 13.2 Å². The van der Waals surface area contributed by atoms with E-state index in [1.54, 1.807) is 11.0 Å². The largest absolute Gasteiger partial charge is 0.480 e. The number of aliphatic imine (C=N–C) groups is 1. The molecule has 0 saturated carbocycles. The summed E-state index contributed by atoms with van der Waals surface area (Å²) in [4.78, 5) is 56.7. The first-order valence-electron chi connectivity index (χ1n) is 14.5. The summed E-state index contributed by atoms with van der Waals surface area (Å²) < 4.78 is 15.6. The SMILES string of the molecule is Nc1c(Cl)cc(C(=O)N[C@@H]2N=C(c3ccccc3)c3cc(NC(=O)COCCOCCOCC(=O)O)cc4c3N(CC4)C2=O)cc1Cl. The van der Waals surface area contributed by atoms with Crippen molar-refractivity contribution in [2.45, 2.75) is 12.6 Å². The highest BCUT2D eigenvalue weighted by Gasteiger charge is 2.38. The Morgan fingerprint density at radius 3 is 2.30 bits per heavy atom. The van der Waals surface area contributed by atoms with Gasteiger partial charge in [-0.15, -0.1) is 0 Å². The van der Waals surface area contributed by atoms with Crippen LogP contribution in [-0.4, -0.2) is 86.9 Å². The van der Waals surface area contributed by atoms with Crippen LogP contribution in [0.1, 0.15) is 27.0 Å². The molecular formula is C32H31Cl2N5O8. The molecule has 1 atom stereocenters. The van der Waals surface area contributed by atoms with Gasteiger partial charge in [-0.25, -0.2) is 9.79 Å². The highest BCUT2D eigenvalue weighted by atomic mass is 35.5. The van der Waals surface area contributed by atoms with E-state index in [9.17, 15) is 19.2 Å². The molecule has 3 aromatic carbocycles. The first kappa shape index (κ1) is 33.8. The van der Waals surface area contributed by atoms with Gasteiger partial charge in [-0.3, -0.25) is 14.4 Å². The van der Waals surface area contributed by atoms with E-state index in [1.807, 2.05) is 36.4 Å². The van der Waals surface area contributed by atoms with Crippen molar-refractivity contribution in [3.05, 3.63) is 86.9 Å². The molecule has 0 fully saturated rings. The fourth-order valence-electron chi connectivity index (χ4n) is 5.12. The minimum absolute atomic E-state index is 0.105. The molecule has 0 saturated heterocycles. The lowest BCUT2D eigenvalue weighted by molar-refractivity contribution is -0.142. The van der Waals surface area contributed by atoms with Crippen LogP contribution in [0.15, 0.2) is 59.6 Å². The van der Waals surface area contributed by atoms with Crippen LogP contribution in [0.5, 0.6) is 0 Å². The van der Waals surface area contributed by atoms with Crippen molar-refractivity contribution >= 4 is 69.7 Å². The van der Waals surface area contributed by atoms with E-state index in [1.165, 1.54) is 12.1 Å². The Morgan fingerprint density at radius 1 is 0.957 bits per heavy atom. The number of carboxylic acids is 1. The van der Waals surface area contributed by atoms with Gasteiger partial charge in [-0.05, 0) is 36.2 Å². The van der Waals surface area contributed by atoms with E-state index in [0.717, 1.165) is 5.56 Å². The molecular weight excluding hydrogens is 653 g/mol. The molecule has 0 aliphatic carbocycles. The van der Waals surface area contributed by atoms with Crippen LogP contribution in [-0.2, 0) is 35.0 Å². The molecule has 0 unspecified atom stereocenters. The number of benzene rings is 3. The van der Waals surface area contributed by atoms with Crippen molar-refractivity contribution in [1.29, 1.82) is 0 Å². The molecule has 13 nitrogen and oxygen atoms in total. The quantitative estimate of drug-likeness (QED) is 0.147. The molecule has 0 radical (unpaired) electrons. The van der Waals surface area contributed by atoms with Crippen molar-refractivity contribution in [3.8, 4) is 0 Å². The topological polar surface area (TPSA) is 182 Å². The van der Waals surface area contributed by atoms with Crippen molar-refractivity contribution in [2.75, 3.05) is 62.1 Å². The summed E-state index contributed by atoms with van der Waals surface area (Å²) in [5, 5.41) is 14.3. The van der Waals surface area contributed by atoms with Crippen LogP contribution in [0.2, 0.25) is 10.0 Å². The molecule has 0 aromatic heterocycles. The number of ether oxygens (including phenoxy) is 3. The van der Waals surface area contributed by atoms with E-state index in [-0.39, 0.29) is 54.3 Å². The molecule has 15 heteroatoms. The standard InChI is InChI=1S/C32H31Cl2N5O8/c33-23-13-20(14-24(34)27(23)35)31(43)38-30-32(44)39-7-6-19-12-21(15-22(29(19)39)28(37-30)18-4-2-1-3-5-18)36-25(40)16-46-10-8-45-9-11-47-17-26(41)42/h1-5,12-15,30H,6-11,16-17,35H2,(H,36,40)(H,38,43)(H,41,42)/t30-/m0/s1. The lowest BCUT2D eigenvalue weighted by Gasteiger charge is -2.21. The monoisotopic (exact) mass is 683 g/mol. The zero-order valence-corrected chi connectivity index (χ0v) is 26.5. The third kappa shape index (κ3) is 8.25. The maximum absolute atomic E-state index is 13.8. The zero-order chi connectivity index (χ0) is 33.5. The van der Waals surface area contributed by atoms with E-state index < -0.39 is 36.5 Å². The maximum atomic E-state index is 13.8. The van der Waals surface area contributed by atoms with E-state index in [2.05, 4.69) is 10.6 Å². The number of amides is 3. The van der Waals surface area contributed by atoms with Gasteiger partial charge >= 0.3 is 5.97 Å². The summed E-state index contributed by atoms with van der Waals surface area (Å²) in [5.41, 5.74) is 9.83. The van der Waals surface area contributed by atoms with Crippen LogP contribution in [0.3, 0.4) is 0 Å².